The van der Waals surface area contributed by atoms with Gasteiger partial charge < -0.3 is 5.53 Å². The van der Waals surface area contributed by atoms with Crippen LogP contribution in [0.2, 0.25) is 0 Å². The van der Waals surface area contributed by atoms with Crippen molar-refractivity contribution in [2.24, 2.45) is 0 Å². The molecular formula is C17H16I2N2. The molecule has 0 saturated carbocycles. The van der Waals surface area contributed by atoms with E-state index in [4.69, 9.17) is 0 Å². The van der Waals surface area contributed by atoms with Gasteiger partial charge in [0.2, 0.25) is 0 Å². The van der Waals surface area contributed by atoms with E-state index in [9.17, 15) is 5.53 Å². The van der Waals surface area contributed by atoms with Crippen LogP contribution in [0.15, 0.2) is 24.3 Å². The normalized spacial score (nSPS) is 10.4. The van der Waals surface area contributed by atoms with Crippen LogP contribution in [0.25, 0.3) is 5.53 Å². The molecule has 0 atom stereocenters. The van der Waals surface area contributed by atoms with Gasteiger partial charge in [0.05, 0.1) is 11.1 Å². The summed E-state index contributed by atoms with van der Waals surface area (Å²) < 4.78 is 2.39. The molecule has 0 amide bonds. The first-order chi connectivity index (χ1) is 9.85. The molecule has 0 bridgehead atoms. The van der Waals surface area contributed by atoms with Crippen molar-refractivity contribution >= 4 is 50.9 Å². The van der Waals surface area contributed by atoms with E-state index in [1.54, 1.807) is 0 Å². The van der Waals surface area contributed by atoms with Gasteiger partial charge in [-0.25, -0.2) is 0 Å². The number of halogens is 2. The zero-order valence-electron chi connectivity index (χ0n) is 12.5. The van der Waals surface area contributed by atoms with E-state index in [-0.39, 0.29) is 0 Å². The van der Waals surface area contributed by atoms with Crippen molar-refractivity contribution in [2.45, 2.75) is 27.7 Å². The van der Waals surface area contributed by atoms with Gasteiger partial charge in [-0.3, -0.25) is 0 Å². The van der Waals surface area contributed by atoms with Crippen molar-refractivity contribution in [2.75, 3.05) is 0 Å². The van der Waals surface area contributed by atoms with Gasteiger partial charge in [-0.05, 0) is 119 Å². The monoisotopic (exact) mass is 502 g/mol. The van der Waals surface area contributed by atoms with Gasteiger partial charge in [0, 0.05) is 7.14 Å². The summed E-state index contributed by atoms with van der Waals surface area (Å²) in [5.74, 6) is 0. The Morgan fingerprint density at radius 1 is 0.762 bits per heavy atom. The maximum atomic E-state index is 9.65. The van der Waals surface area contributed by atoms with Crippen LogP contribution in [0.4, 0.5) is 0 Å². The zero-order valence-corrected chi connectivity index (χ0v) is 16.8. The molecule has 0 spiro atoms. The summed E-state index contributed by atoms with van der Waals surface area (Å²) in [5, 5.41) is 0. The molecule has 0 aromatic heterocycles. The molecule has 0 unspecified atom stereocenters. The lowest BCUT2D eigenvalue weighted by atomic mass is 9.89. The second-order valence-corrected chi connectivity index (χ2v) is 7.77. The predicted octanol–water partition coefficient (Wildman–Crippen LogP) is 5.20. The number of benzene rings is 2. The summed E-state index contributed by atoms with van der Waals surface area (Å²) in [6.45, 7) is 8.25. The fraction of sp³-hybridized carbons (Fsp3) is 0.235. The van der Waals surface area contributed by atoms with Crippen LogP contribution in [-0.4, -0.2) is 10.5 Å². The van der Waals surface area contributed by atoms with Crippen molar-refractivity contribution < 1.29 is 4.79 Å². The molecule has 0 radical (unpaired) electrons. The maximum absolute atomic E-state index is 9.65. The summed E-state index contributed by atoms with van der Waals surface area (Å²) in [6.07, 6.45) is 0. The first-order valence-electron chi connectivity index (χ1n) is 6.61. The van der Waals surface area contributed by atoms with Gasteiger partial charge in [0.25, 0.3) is 0 Å². The minimum Gasteiger partial charge on any atom is -0.361 e. The van der Waals surface area contributed by atoms with E-state index in [0.29, 0.717) is 5.71 Å². The largest absolute Gasteiger partial charge is 0.361 e. The summed E-state index contributed by atoms with van der Waals surface area (Å²) in [5.41, 5.74) is 16.9. The number of nitrogens with zero attached hydrogens (tertiary/aromatic N) is 2. The third-order valence-corrected chi connectivity index (χ3v) is 4.81. The van der Waals surface area contributed by atoms with Crippen molar-refractivity contribution in [1.82, 2.24) is 0 Å². The number of hydrogen-bond donors (Lipinski definition) is 0. The molecule has 0 heterocycles. The fourth-order valence-corrected chi connectivity index (χ4v) is 4.66. The highest BCUT2D eigenvalue weighted by atomic mass is 127. The van der Waals surface area contributed by atoms with Crippen LogP contribution in [0, 0.1) is 34.8 Å². The summed E-state index contributed by atoms with van der Waals surface area (Å²) in [6, 6.07) is 8.47. The molecule has 4 heteroatoms. The van der Waals surface area contributed by atoms with Crippen molar-refractivity contribution in [1.29, 1.82) is 0 Å². The molecule has 0 aliphatic heterocycles. The Bertz CT molecular complexity index is 667. The van der Waals surface area contributed by atoms with E-state index >= 15 is 0 Å². The highest BCUT2D eigenvalue weighted by Gasteiger charge is 2.24. The molecule has 21 heavy (non-hydrogen) atoms. The molecule has 0 aliphatic rings. The molecule has 0 aliphatic carbocycles. The van der Waals surface area contributed by atoms with Crippen LogP contribution >= 0.6 is 45.2 Å². The second-order valence-electron chi connectivity index (χ2n) is 5.28. The molecule has 2 nitrogen and oxygen atoms in total. The Kier molecular flexibility index (Phi) is 5.22. The minimum atomic E-state index is 0.660. The fourth-order valence-electron chi connectivity index (χ4n) is 2.79. The van der Waals surface area contributed by atoms with E-state index in [0.717, 1.165) is 33.4 Å². The average molecular weight is 502 g/mol. The van der Waals surface area contributed by atoms with E-state index in [2.05, 4.69) is 102 Å². The third-order valence-electron chi connectivity index (χ3n) is 3.57. The molecule has 2 aromatic carbocycles. The topological polar surface area (TPSA) is 36.4 Å². The quantitative estimate of drug-likeness (QED) is 0.235. The van der Waals surface area contributed by atoms with Crippen LogP contribution < -0.4 is 0 Å². The summed E-state index contributed by atoms with van der Waals surface area (Å²) >= 11 is 4.62. The Labute approximate surface area is 152 Å². The van der Waals surface area contributed by atoms with Gasteiger partial charge in [-0.2, -0.15) is 4.79 Å². The van der Waals surface area contributed by atoms with Crippen LogP contribution in [0.1, 0.15) is 33.4 Å². The lowest BCUT2D eigenvalue weighted by molar-refractivity contribution is -0.00295. The Morgan fingerprint density at radius 2 is 1.05 bits per heavy atom. The van der Waals surface area contributed by atoms with Crippen molar-refractivity contribution in [3.8, 4) is 0 Å². The number of aryl methyl sites for hydroxylation is 4. The highest BCUT2D eigenvalue weighted by Crippen LogP contribution is 2.25. The van der Waals surface area contributed by atoms with Gasteiger partial charge in [0.1, 0.15) is 0 Å². The maximum Gasteiger partial charge on any atom is 0.330 e. The third kappa shape index (κ3) is 3.38. The lowest BCUT2D eigenvalue weighted by Gasteiger charge is -2.11. The standard InChI is InChI=1S/C17H16I2N2/c1-9-5-13(18)6-10(2)15(9)17(21-20)16-11(3)7-14(19)8-12(16)4/h5-8H,1-4H3. The van der Waals surface area contributed by atoms with E-state index in [1.165, 1.54) is 7.14 Å². The Morgan fingerprint density at radius 3 is 1.29 bits per heavy atom. The highest BCUT2D eigenvalue weighted by molar-refractivity contribution is 14.1. The van der Waals surface area contributed by atoms with Crippen LogP contribution in [-0.2, 0) is 0 Å². The lowest BCUT2D eigenvalue weighted by Crippen LogP contribution is -2.13. The van der Waals surface area contributed by atoms with Crippen LogP contribution in [0.3, 0.4) is 0 Å². The van der Waals surface area contributed by atoms with E-state index in [1.807, 2.05) is 0 Å². The second kappa shape index (κ2) is 6.58. The average Bonchev–Trinajstić information content (AvgIpc) is 2.34. The summed E-state index contributed by atoms with van der Waals surface area (Å²) in [7, 11) is 0. The minimum absolute atomic E-state index is 0.660. The predicted molar refractivity (Wildman–Crippen MR) is 104 cm³/mol. The molecular weight excluding hydrogens is 486 g/mol. The first-order valence-corrected chi connectivity index (χ1v) is 8.77. The molecule has 108 valence electrons. The van der Waals surface area contributed by atoms with Crippen molar-refractivity contribution in [3.05, 3.63) is 70.3 Å². The van der Waals surface area contributed by atoms with Crippen LogP contribution in [0.5, 0.6) is 0 Å². The first kappa shape index (κ1) is 16.6. The number of hydrogen-bond acceptors (Lipinski definition) is 0. The SMILES string of the molecule is Cc1cc(I)cc(C)c1C(=[N+]=[N-])c1c(C)cc(I)cc1C. The molecule has 2 rings (SSSR count). The molecule has 0 N–H and O–H groups in total. The van der Waals surface area contributed by atoms with Gasteiger partial charge in [0.15, 0.2) is 0 Å². The zero-order chi connectivity index (χ0) is 15.7. The Balaban J connectivity index is 2.77. The van der Waals surface area contributed by atoms with E-state index < -0.39 is 0 Å². The Hall–Kier alpha value is -0.720. The molecule has 0 fully saturated rings. The molecule has 2 aromatic rings. The van der Waals surface area contributed by atoms with Crippen molar-refractivity contribution in [3.63, 3.8) is 0 Å². The summed E-state index contributed by atoms with van der Waals surface area (Å²) in [4.78, 5) is 3.64. The number of rotatable bonds is 2. The van der Waals surface area contributed by atoms with Gasteiger partial charge in [-0.15, -0.1) is 0 Å². The van der Waals surface area contributed by atoms with Gasteiger partial charge in [-0.1, -0.05) is 0 Å². The van der Waals surface area contributed by atoms with Gasteiger partial charge >= 0.3 is 5.71 Å². The smallest absolute Gasteiger partial charge is 0.330 e. The molecule has 0 saturated heterocycles.